The number of ether oxygens (including phenoxy) is 2. The van der Waals surface area contributed by atoms with Crippen LogP contribution in [0.2, 0.25) is 5.02 Å². The van der Waals surface area contributed by atoms with E-state index in [-0.39, 0.29) is 5.97 Å². The Hall–Kier alpha value is -1.81. The number of hydrogen-bond donors (Lipinski definition) is 0. The molecule has 0 spiro atoms. The van der Waals surface area contributed by atoms with Gasteiger partial charge >= 0.3 is 11.9 Å². The van der Waals surface area contributed by atoms with E-state index in [1.165, 1.54) is 51.4 Å². The molecule has 32 heavy (non-hydrogen) atoms. The maximum Gasteiger partial charge on any atom is 0.315 e. The van der Waals surface area contributed by atoms with E-state index >= 15 is 0 Å². The molecule has 5 heteroatoms. The smallest absolute Gasteiger partial charge is 0.315 e. The Balaban J connectivity index is 1.68. The summed E-state index contributed by atoms with van der Waals surface area (Å²) in [6, 6.07) is 5.11. The molecule has 0 saturated heterocycles. The summed E-state index contributed by atoms with van der Waals surface area (Å²) in [5.74, 6) is -1.24. The van der Waals surface area contributed by atoms with Crippen molar-refractivity contribution in [2.75, 3.05) is 6.61 Å². The van der Waals surface area contributed by atoms with Crippen LogP contribution in [0.1, 0.15) is 89.5 Å². The molecule has 0 heterocycles. The van der Waals surface area contributed by atoms with Gasteiger partial charge in [-0.15, -0.1) is 0 Å². The molecule has 0 fully saturated rings. The maximum absolute atomic E-state index is 12.7. The Morgan fingerprint density at radius 3 is 2.03 bits per heavy atom. The Labute approximate surface area is 198 Å². The minimum atomic E-state index is -0.517. The van der Waals surface area contributed by atoms with Crippen molar-refractivity contribution in [2.24, 2.45) is 11.8 Å². The van der Waals surface area contributed by atoms with Gasteiger partial charge in [-0.2, -0.15) is 0 Å². The zero-order valence-electron chi connectivity index (χ0n) is 19.7. The molecule has 4 nitrogen and oxygen atoms in total. The topological polar surface area (TPSA) is 52.6 Å². The Bertz CT molecular complexity index is 743. The third kappa shape index (κ3) is 9.36. The largest absolute Gasteiger partial charge is 0.465 e. The molecule has 1 aliphatic carbocycles. The molecule has 1 aromatic carbocycles. The summed E-state index contributed by atoms with van der Waals surface area (Å²) in [4.78, 5) is 25.4. The summed E-state index contributed by atoms with van der Waals surface area (Å²) in [7, 11) is 0. The molecule has 178 valence electrons. The van der Waals surface area contributed by atoms with Crippen molar-refractivity contribution in [2.45, 2.75) is 90.9 Å². The fourth-order valence-electron chi connectivity index (χ4n) is 4.08. The van der Waals surface area contributed by atoms with Gasteiger partial charge in [-0.25, -0.2) is 0 Å². The van der Waals surface area contributed by atoms with Gasteiger partial charge in [-0.05, 0) is 49.9 Å². The predicted molar refractivity (Wildman–Crippen MR) is 130 cm³/mol. The first-order chi connectivity index (χ1) is 15.5. The second-order valence-electron chi connectivity index (χ2n) is 8.84. The van der Waals surface area contributed by atoms with Crippen molar-refractivity contribution in [1.82, 2.24) is 0 Å². The highest BCUT2D eigenvalue weighted by Gasteiger charge is 2.36. The molecule has 0 radical (unpaired) electrons. The number of rotatable bonds is 14. The highest BCUT2D eigenvalue weighted by molar-refractivity contribution is 6.31. The molecule has 0 aromatic heterocycles. The lowest BCUT2D eigenvalue weighted by Crippen LogP contribution is -2.35. The zero-order chi connectivity index (χ0) is 23.2. The summed E-state index contributed by atoms with van der Waals surface area (Å²) in [5.41, 5.74) is 0.841. The van der Waals surface area contributed by atoms with Gasteiger partial charge in [0, 0.05) is 5.02 Å². The average molecular weight is 463 g/mol. The lowest BCUT2D eigenvalue weighted by Gasteiger charge is -2.25. The monoisotopic (exact) mass is 462 g/mol. The summed E-state index contributed by atoms with van der Waals surface area (Å²) in [6.07, 6.45) is 17.3. The summed E-state index contributed by atoms with van der Waals surface area (Å²) < 4.78 is 11.1. The molecule has 0 amide bonds. The van der Waals surface area contributed by atoms with E-state index in [0.29, 0.717) is 30.2 Å². The van der Waals surface area contributed by atoms with Crippen LogP contribution in [0.25, 0.3) is 0 Å². The molecular weight excluding hydrogens is 424 g/mol. The van der Waals surface area contributed by atoms with Crippen molar-refractivity contribution in [3.05, 3.63) is 40.9 Å². The van der Waals surface area contributed by atoms with E-state index in [1.807, 2.05) is 19.1 Å². The van der Waals surface area contributed by atoms with E-state index in [0.717, 1.165) is 18.4 Å². The fraction of sp³-hybridized carbons (Fsp3) is 0.630. The lowest BCUT2D eigenvalue weighted by molar-refractivity contribution is -0.156. The van der Waals surface area contributed by atoms with Crippen molar-refractivity contribution >= 4 is 23.5 Å². The van der Waals surface area contributed by atoms with Crippen LogP contribution in [0.3, 0.4) is 0 Å². The molecule has 2 unspecified atom stereocenters. The van der Waals surface area contributed by atoms with Crippen LogP contribution >= 0.6 is 11.6 Å². The van der Waals surface area contributed by atoms with Crippen LogP contribution in [-0.2, 0) is 14.3 Å². The summed E-state index contributed by atoms with van der Waals surface area (Å²) in [6.45, 7) is 4.52. The SMILES string of the molecule is CCCCCCCCCCCCOC(=O)C1CC=CCC1C(=O)Oc1ccc(Cl)c(C)c1. The Morgan fingerprint density at radius 2 is 1.44 bits per heavy atom. The Kier molecular flexibility index (Phi) is 12.5. The quantitative estimate of drug-likeness (QED) is 0.123. The zero-order valence-corrected chi connectivity index (χ0v) is 20.5. The van der Waals surface area contributed by atoms with Crippen molar-refractivity contribution in [3.63, 3.8) is 0 Å². The van der Waals surface area contributed by atoms with Gasteiger partial charge in [-0.3, -0.25) is 9.59 Å². The molecule has 1 aliphatic rings. The lowest BCUT2D eigenvalue weighted by atomic mass is 9.83. The first-order valence-electron chi connectivity index (χ1n) is 12.3. The average Bonchev–Trinajstić information content (AvgIpc) is 2.79. The predicted octanol–water partition coefficient (Wildman–Crippen LogP) is 7.60. The van der Waals surface area contributed by atoms with Gasteiger partial charge in [0.05, 0.1) is 18.4 Å². The highest BCUT2D eigenvalue weighted by atomic mass is 35.5. The van der Waals surface area contributed by atoms with Gasteiger partial charge in [0.15, 0.2) is 0 Å². The molecule has 0 N–H and O–H groups in total. The van der Waals surface area contributed by atoms with Crippen molar-refractivity contribution in [3.8, 4) is 5.75 Å². The van der Waals surface area contributed by atoms with Gasteiger partial charge in [-0.1, -0.05) is 88.5 Å². The first kappa shape index (κ1) is 26.4. The first-order valence-corrected chi connectivity index (χ1v) is 12.7. The minimum absolute atomic E-state index is 0.292. The van der Waals surface area contributed by atoms with Gasteiger partial charge in [0.1, 0.15) is 5.75 Å². The molecule has 0 aliphatic heterocycles. The minimum Gasteiger partial charge on any atom is -0.465 e. The number of carbonyl (C=O) groups excluding carboxylic acids is 2. The molecule has 2 atom stereocenters. The third-order valence-corrected chi connectivity index (χ3v) is 6.55. The van der Waals surface area contributed by atoms with E-state index < -0.39 is 17.8 Å². The second-order valence-corrected chi connectivity index (χ2v) is 9.24. The van der Waals surface area contributed by atoms with Crippen LogP contribution in [0.4, 0.5) is 0 Å². The molecule has 0 bridgehead atoms. The molecule has 0 saturated carbocycles. The maximum atomic E-state index is 12.7. The van der Waals surface area contributed by atoms with Gasteiger partial charge in [0.25, 0.3) is 0 Å². The fourth-order valence-corrected chi connectivity index (χ4v) is 4.19. The number of carbonyl (C=O) groups is 2. The molecule has 1 aromatic rings. The highest BCUT2D eigenvalue weighted by Crippen LogP contribution is 2.30. The van der Waals surface area contributed by atoms with E-state index in [2.05, 4.69) is 6.92 Å². The number of hydrogen-bond acceptors (Lipinski definition) is 4. The van der Waals surface area contributed by atoms with E-state index in [4.69, 9.17) is 21.1 Å². The van der Waals surface area contributed by atoms with E-state index in [9.17, 15) is 9.59 Å². The number of allylic oxidation sites excluding steroid dienone is 2. The Morgan fingerprint density at radius 1 is 0.875 bits per heavy atom. The summed E-state index contributed by atoms with van der Waals surface area (Å²) in [5, 5.41) is 0.624. The van der Waals surface area contributed by atoms with Gasteiger partial charge in [0.2, 0.25) is 0 Å². The van der Waals surface area contributed by atoms with Gasteiger partial charge < -0.3 is 9.47 Å². The molecule has 2 rings (SSSR count). The van der Waals surface area contributed by atoms with Crippen LogP contribution in [0, 0.1) is 18.8 Å². The van der Waals surface area contributed by atoms with Crippen LogP contribution in [-0.4, -0.2) is 18.5 Å². The number of aryl methyl sites for hydroxylation is 1. The number of esters is 2. The third-order valence-electron chi connectivity index (χ3n) is 6.13. The summed E-state index contributed by atoms with van der Waals surface area (Å²) >= 11 is 6.04. The normalized spacial score (nSPS) is 17.8. The van der Waals surface area contributed by atoms with Crippen molar-refractivity contribution < 1.29 is 19.1 Å². The van der Waals surface area contributed by atoms with Crippen LogP contribution in [0.15, 0.2) is 30.4 Å². The number of benzene rings is 1. The van der Waals surface area contributed by atoms with Crippen LogP contribution < -0.4 is 4.74 Å². The number of halogens is 1. The second kappa shape index (κ2) is 15.1. The van der Waals surface area contributed by atoms with Crippen LogP contribution in [0.5, 0.6) is 5.75 Å². The van der Waals surface area contributed by atoms with E-state index in [1.54, 1.807) is 18.2 Å². The van der Waals surface area contributed by atoms with Crippen molar-refractivity contribution in [1.29, 1.82) is 0 Å². The number of unbranched alkanes of at least 4 members (excludes halogenated alkanes) is 9. The molecular formula is C27H39ClO4. The standard InChI is InChI=1S/C27H39ClO4/c1-3-4-5-6-7-8-9-10-11-14-19-31-26(29)23-15-12-13-16-24(23)27(30)32-22-17-18-25(28)21(2)20-22/h12-13,17-18,20,23-24H,3-11,14-16,19H2,1-2H3.